The molecule has 0 spiro atoms. The van der Waals surface area contributed by atoms with Crippen molar-refractivity contribution in [2.75, 3.05) is 0 Å². The number of aliphatic carboxylic acids is 1. The highest BCUT2D eigenvalue weighted by Gasteiger charge is 2.59. The maximum absolute atomic E-state index is 12.1. The molecule has 20 heavy (non-hydrogen) atoms. The average molecular weight is 276 g/mol. The number of rotatable bonds is 3. The van der Waals surface area contributed by atoms with E-state index in [-0.39, 0.29) is 0 Å². The number of benzene rings is 1. The molecule has 108 valence electrons. The minimum Gasteiger partial charge on any atom is -0.480 e. The summed E-state index contributed by atoms with van der Waals surface area (Å²) in [5, 5.41) is 9.14. The molecule has 1 saturated carbocycles. The van der Waals surface area contributed by atoms with Crippen LogP contribution in [0.1, 0.15) is 40.7 Å². The fourth-order valence-electron chi connectivity index (χ4n) is 2.44. The first-order valence-electron chi connectivity index (χ1n) is 6.75. The summed E-state index contributed by atoms with van der Waals surface area (Å²) in [6.07, 6.45) is 0.728. The SMILES string of the molecule is Cc1c(C)c(C)c(OC(=O)C2(C(=O)O)CC2)c(C)c1C. The second-order valence-electron chi connectivity index (χ2n) is 5.73. The second kappa shape index (κ2) is 4.62. The second-order valence-corrected chi connectivity index (χ2v) is 5.73. The third-order valence-electron chi connectivity index (χ3n) is 4.68. The van der Waals surface area contributed by atoms with Crippen molar-refractivity contribution in [2.24, 2.45) is 5.41 Å². The maximum atomic E-state index is 12.1. The van der Waals surface area contributed by atoms with Gasteiger partial charge < -0.3 is 9.84 Å². The summed E-state index contributed by atoms with van der Waals surface area (Å²) in [5.41, 5.74) is 3.83. The van der Waals surface area contributed by atoms with Gasteiger partial charge in [-0.2, -0.15) is 0 Å². The topological polar surface area (TPSA) is 63.6 Å². The van der Waals surface area contributed by atoms with Gasteiger partial charge in [-0.15, -0.1) is 0 Å². The molecular weight excluding hydrogens is 256 g/mol. The van der Waals surface area contributed by atoms with Crippen molar-refractivity contribution in [3.8, 4) is 5.75 Å². The number of esters is 1. The summed E-state index contributed by atoms with van der Waals surface area (Å²) < 4.78 is 5.46. The molecular formula is C16H20O4. The van der Waals surface area contributed by atoms with E-state index >= 15 is 0 Å². The van der Waals surface area contributed by atoms with Gasteiger partial charge in [0, 0.05) is 0 Å². The Balaban J connectivity index is 2.41. The van der Waals surface area contributed by atoms with Crippen LogP contribution in [0.4, 0.5) is 0 Å². The normalized spacial score (nSPS) is 15.8. The van der Waals surface area contributed by atoms with E-state index in [0.717, 1.165) is 22.3 Å². The van der Waals surface area contributed by atoms with Crippen molar-refractivity contribution in [3.63, 3.8) is 0 Å². The van der Waals surface area contributed by atoms with Gasteiger partial charge in [0.1, 0.15) is 5.75 Å². The molecule has 4 nitrogen and oxygen atoms in total. The quantitative estimate of drug-likeness (QED) is 0.523. The Morgan fingerprint density at radius 1 is 0.900 bits per heavy atom. The number of carbonyl (C=O) groups excluding carboxylic acids is 1. The van der Waals surface area contributed by atoms with Gasteiger partial charge in [0.2, 0.25) is 0 Å². The molecule has 1 N–H and O–H groups in total. The lowest BCUT2D eigenvalue weighted by atomic mass is 9.94. The zero-order valence-corrected chi connectivity index (χ0v) is 12.6. The van der Waals surface area contributed by atoms with Crippen LogP contribution in [-0.4, -0.2) is 17.0 Å². The van der Waals surface area contributed by atoms with E-state index in [1.54, 1.807) is 0 Å². The Bertz CT molecular complexity index is 580. The van der Waals surface area contributed by atoms with E-state index in [4.69, 9.17) is 9.84 Å². The molecule has 0 radical (unpaired) electrons. The van der Waals surface area contributed by atoms with Gasteiger partial charge in [-0.1, -0.05) is 0 Å². The minimum atomic E-state index is -1.31. The molecule has 0 aromatic heterocycles. The number of hydrogen-bond donors (Lipinski definition) is 1. The molecule has 0 bridgehead atoms. The van der Waals surface area contributed by atoms with Crippen LogP contribution in [0.15, 0.2) is 0 Å². The molecule has 0 unspecified atom stereocenters. The van der Waals surface area contributed by atoms with E-state index in [0.29, 0.717) is 18.6 Å². The Morgan fingerprint density at radius 3 is 1.65 bits per heavy atom. The standard InChI is InChI=1S/C16H20O4/c1-8-9(2)11(4)13(12(5)10(8)3)20-15(19)16(6-7-16)14(17)18/h6-7H2,1-5H3,(H,17,18). The van der Waals surface area contributed by atoms with Gasteiger partial charge in [0.15, 0.2) is 5.41 Å². The molecule has 0 aliphatic heterocycles. The Labute approximate surface area is 118 Å². The Morgan fingerprint density at radius 2 is 1.30 bits per heavy atom. The molecule has 1 aromatic rings. The first kappa shape index (κ1) is 14.6. The zero-order valence-electron chi connectivity index (χ0n) is 12.6. The number of carboxylic acids is 1. The molecule has 0 atom stereocenters. The summed E-state index contributed by atoms with van der Waals surface area (Å²) >= 11 is 0. The Hall–Kier alpha value is -1.84. The van der Waals surface area contributed by atoms with E-state index in [2.05, 4.69) is 0 Å². The first-order valence-corrected chi connectivity index (χ1v) is 6.75. The number of ether oxygens (including phenoxy) is 1. The highest BCUT2D eigenvalue weighted by molar-refractivity contribution is 6.03. The lowest BCUT2D eigenvalue weighted by Gasteiger charge is -2.19. The van der Waals surface area contributed by atoms with Crippen molar-refractivity contribution < 1.29 is 19.4 Å². The van der Waals surface area contributed by atoms with Gasteiger partial charge >= 0.3 is 11.9 Å². The van der Waals surface area contributed by atoms with Crippen molar-refractivity contribution in [3.05, 3.63) is 27.8 Å². The summed E-state index contributed by atoms with van der Waals surface area (Å²) in [7, 11) is 0. The molecule has 4 heteroatoms. The van der Waals surface area contributed by atoms with Gasteiger partial charge in [0.25, 0.3) is 0 Å². The molecule has 0 heterocycles. The summed E-state index contributed by atoms with van der Waals surface area (Å²) in [6, 6.07) is 0. The van der Waals surface area contributed by atoms with Crippen molar-refractivity contribution in [2.45, 2.75) is 47.5 Å². The van der Waals surface area contributed by atoms with Crippen LogP contribution in [0.3, 0.4) is 0 Å². The third kappa shape index (κ3) is 1.99. The van der Waals surface area contributed by atoms with E-state index in [1.807, 2.05) is 34.6 Å². The fourth-order valence-corrected chi connectivity index (χ4v) is 2.44. The van der Waals surface area contributed by atoms with Crippen LogP contribution in [0.25, 0.3) is 0 Å². The van der Waals surface area contributed by atoms with Crippen LogP contribution < -0.4 is 4.74 Å². The summed E-state index contributed by atoms with van der Waals surface area (Å²) in [5.74, 6) is -1.21. The van der Waals surface area contributed by atoms with Gasteiger partial charge in [-0.05, 0) is 75.3 Å². The lowest BCUT2D eigenvalue weighted by molar-refractivity contribution is -0.155. The van der Waals surface area contributed by atoms with Crippen LogP contribution in [-0.2, 0) is 9.59 Å². The first-order chi connectivity index (χ1) is 9.22. The summed E-state index contributed by atoms with van der Waals surface area (Å²) in [6.45, 7) is 9.81. The largest absolute Gasteiger partial charge is 0.480 e. The van der Waals surface area contributed by atoms with E-state index in [1.165, 1.54) is 5.56 Å². The van der Waals surface area contributed by atoms with Crippen molar-refractivity contribution >= 4 is 11.9 Å². The monoisotopic (exact) mass is 276 g/mol. The lowest BCUT2D eigenvalue weighted by Crippen LogP contribution is -2.30. The molecule has 0 amide bonds. The van der Waals surface area contributed by atoms with Crippen LogP contribution in [0.5, 0.6) is 5.75 Å². The number of hydrogen-bond acceptors (Lipinski definition) is 3. The molecule has 1 aliphatic carbocycles. The minimum absolute atomic E-state index is 0.364. The average Bonchev–Trinajstić information content (AvgIpc) is 3.20. The van der Waals surface area contributed by atoms with Crippen LogP contribution in [0.2, 0.25) is 0 Å². The van der Waals surface area contributed by atoms with Crippen molar-refractivity contribution in [1.29, 1.82) is 0 Å². The number of carboxylic acid groups (broad SMARTS) is 1. The van der Waals surface area contributed by atoms with Gasteiger partial charge in [-0.3, -0.25) is 9.59 Å². The van der Waals surface area contributed by atoms with Gasteiger partial charge in [0.05, 0.1) is 0 Å². The molecule has 2 rings (SSSR count). The van der Waals surface area contributed by atoms with E-state index in [9.17, 15) is 9.59 Å². The predicted molar refractivity (Wildman–Crippen MR) is 75.1 cm³/mol. The zero-order chi connectivity index (χ0) is 15.2. The Kier molecular flexibility index (Phi) is 3.36. The maximum Gasteiger partial charge on any atom is 0.328 e. The highest BCUT2D eigenvalue weighted by atomic mass is 16.5. The highest BCUT2D eigenvalue weighted by Crippen LogP contribution is 2.47. The molecule has 0 saturated heterocycles. The number of carbonyl (C=O) groups is 2. The third-order valence-corrected chi connectivity index (χ3v) is 4.68. The van der Waals surface area contributed by atoms with Crippen LogP contribution >= 0.6 is 0 Å². The van der Waals surface area contributed by atoms with Crippen molar-refractivity contribution in [1.82, 2.24) is 0 Å². The van der Waals surface area contributed by atoms with Gasteiger partial charge in [-0.25, -0.2) is 0 Å². The molecule has 1 aliphatic rings. The fraction of sp³-hybridized carbons (Fsp3) is 0.500. The van der Waals surface area contributed by atoms with E-state index < -0.39 is 17.4 Å². The molecule has 1 fully saturated rings. The molecule has 1 aromatic carbocycles. The van der Waals surface area contributed by atoms with Crippen LogP contribution in [0, 0.1) is 40.0 Å². The smallest absolute Gasteiger partial charge is 0.328 e. The predicted octanol–water partition coefficient (Wildman–Crippen LogP) is 3.00. The summed E-state index contributed by atoms with van der Waals surface area (Å²) in [4.78, 5) is 23.3.